The number of nitrogens with zero attached hydrogens (tertiary/aromatic N) is 3. The van der Waals surface area contributed by atoms with Gasteiger partial charge in [0.15, 0.2) is 5.82 Å². The lowest BCUT2D eigenvalue weighted by atomic mass is 10.1. The maximum absolute atomic E-state index is 11.7. The number of ketones is 1. The van der Waals surface area contributed by atoms with Gasteiger partial charge in [-0.2, -0.15) is 5.21 Å². The van der Waals surface area contributed by atoms with Crippen molar-refractivity contribution in [2.75, 3.05) is 0 Å². The lowest BCUT2D eigenvalue weighted by Gasteiger charge is -2.14. The molecule has 0 aliphatic carbocycles. The third-order valence-corrected chi connectivity index (χ3v) is 2.84. The van der Waals surface area contributed by atoms with Gasteiger partial charge in [0.2, 0.25) is 5.78 Å². The zero-order valence-electron chi connectivity index (χ0n) is 11.0. The topological polar surface area (TPSA) is 101 Å². The van der Waals surface area contributed by atoms with Crippen molar-refractivity contribution in [3.8, 4) is 0 Å². The van der Waals surface area contributed by atoms with E-state index in [9.17, 15) is 9.59 Å². The zero-order valence-corrected chi connectivity index (χ0v) is 11.0. The molecule has 0 bridgehead atoms. The number of carbonyl (C=O) groups is 2. The van der Waals surface area contributed by atoms with Crippen molar-refractivity contribution in [1.29, 1.82) is 0 Å². The van der Waals surface area contributed by atoms with Crippen LogP contribution in [0, 0.1) is 0 Å². The predicted molar refractivity (Wildman–Crippen MR) is 70.5 cm³/mol. The van der Waals surface area contributed by atoms with E-state index in [0.717, 1.165) is 5.56 Å². The van der Waals surface area contributed by atoms with Gasteiger partial charge >= 0.3 is 0 Å². The molecule has 1 aromatic carbocycles. The van der Waals surface area contributed by atoms with E-state index in [1.807, 2.05) is 30.3 Å². The molecule has 0 saturated carbocycles. The number of tetrazole rings is 1. The molecule has 7 nitrogen and oxygen atoms in total. The van der Waals surface area contributed by atoms with Gasteiger partial charge in [0.05, 0.1) is 6.04 Å². The second-order valence-corrected chi connectivity index (χ2v) is 4.26. The van der Waals surface area contributed by atoms with E-state index in [2.05, 4.69) is 25.9 Å². The van der Waals surface area contributed by atoms with Crippen LogP contribution in [0.3, 0.4) is 0 Å². The normalized spacial score (nSPS) is 11.8. The lowest BCUT2D eigenvalue weighted by Crippen LogP contribution is -2.35. The van der Waals surface area contributed by atoms with E-state index in [1.165, 1.54) is 0 Å². The van der Waals surface area contributed by atoms with Crippen LogP contribution in [-0.4, -0.2) is 32.3 Å². The van der Waals surface area contributed by atoms with Crippen LogP contribution in [0.4, 0.5) is 0 Å². The maximum Gasteiger partial charge on any atom is 0.287 e. The number of H-pyrrole nitrogens is 1. The van der Waals surface area contributed by atoms with Crippen molar-refractivity contribution in [1.82, 2.24) is 25.9 Å². The summed E-state index contributed by atoms with van der Waals surface area (Å²) in [6.45, 7) is 1.64. The highest BCUT2D eigenvalue weighted by Gasteiger charge is 2.22. The third kappa shape index (κ3) is 3.47. The van der Waals surface area contributed by atoms with Crippen LogP contribution in [0.5, 0.6) is 0 Å². The smallest absolute Gasteiger partial charge is 0.287 e. The Morgan fingerprint density at radius 3 is 2.65 bits per heavy atom. The third-order valence-electron chi connectivity index (χ3n) is 2.84. The molecule has 104 valence electrons. The van der Waals surface area contributed by atoms with Gasteiger partial charge in [0.25, 0.3) is 5.91 Å². The fourth-order valence-electron chi connectivity index (χ4n) is 1.77. The molecule has 7 heteroatoms. The van der Waals surface area contributed by atoms with E-state index in [4.69, 9.17) is 0 Å². The van der Waals surface area contributed by atoms with Crippen molar-refractivity contribution in [3.05, 3.63) is 41.7 Å². The van der Waals surface area contributed by atoms with Gasteiger partial charge in [-0.05, 0) is 5.56 Å². The molecule has 1 heterocycles. The first kappa shape index (κ1) is 13.9. The molecule has 0 radical (unpaired) electrons. The van der Waals surface area contributed by atoms with Crippen LogP contribution < -0.4 is 5.32 Å². The monoisotopic (exact) mass is 273 g/mol. The molecule has 0 saturated heterocycles. The first-order valence-corrected chi connectivity index (χ1v) is 6.31. The van der Waals surface area contributed by atoms with Crippen LogP contribution in [0.1, 0.15) is 30.8 Å². The molecule has 0 aliphatic heterocycles. The van der Waals surface area contributed by atoms with E-state index in [0.29, 0.717) is 12.2 Å². The number of hydrogen-bond donors (Lipinski definition) is 2. The Kier molecular flexibility index (Phi) is 4.54. The summed E-state index contributed by atoms with van der Waals surface area (Å²) >= 11 is 0. The van der Waals surface area contributed by atoms with Crippen molar-refractivity contribution in [3.63, 3.8) is 0 Å². The Labute approximate surface area is 115 Å². The summed E-state index contributed by atoms with van der Waals surface area (Å²) < 4.78 is 0. The summed E-state index contributed by atoms with van der Waals surface area (Å²) in [6, 6.07) is 9.09. The molecule has 2 rings (SSSR count). The summed E-state index contributed by atoms with van der Waals surface area (Å²) in [5, 5.41) is 16.2. The minimum absolute atomic E-state index is 0.163. The van der Waals surface area contributed by atoms with Gasteiger partial charge in [-0.3, -0.25) is 9.59 Å². The van der Waals surface area contributed by atoms with E-state index < -0.39 is 17.7 Å². The van der Waals surface area contributed by atoms with Crippen molar-refractivity contribution >= 4 is 11.7 Å². The Hall–Kier alpha value is -2.57. The number of amides is 1. The summed E-state index contributed by atoms with van der Waals surface area (Å²) in [7, 11) is 0. The van der Waals surface area contributed by atoms with E-state index in [-0.39, 0.29) is 6.42 Å². The highest BCUT2D eigenvalue weighted by atomic mass is 16.2. The second-order valence-electron chi connectivity index (χ2n) is 4.26. The largest absolute Gasteiger partial charge is 0.339 e. The molecule has 0 aliphatic rings. The minimum Gasteiger partial charge on any atom is -0.339 e. The maximum atomic E-state index is 11.7. The average Bonchev–Trinajstić information content (AvgIpc) is 3.01. The van der Waals surface area contributed by atoms with Crippen LogP contribution in [0.25, 0.3) is 0 Å². The number of carbonyl (C=O) groups excluding carboxylic acids is 2. The quantitative estimate of drug-likeness (QED) is 0.750. The Balaban J connectivity index is 2.14. The molecule has 1 amide bonds. The van der Waals surface area contributed by atoms with E-state index in [1.54, 1.807) is 6.92 Å². The molecular formula is C13H15N5O2. The fraction of sp³-hybridized carbons (Fsp3) is 0.308. The minimum atomic E-state index is -0.627. The number of rotatable bonds is 6. The van der Waals surface area contributed by atoms with Crippen molar-refractivity contribution < 1.29 is 9.59 Å². The molecule has 1 atom stereocenters. The second kappa shape index (κ2) is 6.55. The Morgan fingerprint density at radius 1 is 1.30 bits per heavy atom. The standard InChI is InChI=1S/C13H15N5O2/c1-2-11(19)13(20)14-10(12-15-17-18-16-12)8-9-6-4-3-5-7-9/h3-7,10H,2,8H2,1H3,(H,14,20)(H,15,16,17,18). The van der Waals surface area contributed by atoms with Gasteiger partial charge in [-0.15, -0.1) is 10.2 Å². The Morgan fingerprint density at radius 2 is 2.05 bits per heavy atom. The molecular weight excluding hydrogens is 258 g/mol. The van der Waals surface area contributed by atoms with Gasteiger partial charge in [0.1, 0.15) is 0 Å². The average molecular weight is 273 g/mol. The van der Waals surface area contributed by atoms with Gasteiger partial charge in [-0.25, -0.2) is 0 Å². The van der Waals surface area contributed by atoms with Gasteiger partial charge in [-0.1, -0.05) is 42.5 Å². The van der Waals surface area contributed by atoms with Crippen LogP contribution in [0.2, 0.25) is 0 Å². The molecule has 1 unspecified atom stereocenters. The predicted octanol–water partition coefficient (Wildman–Crippen LogP) is 0.579. The van der Waals surface area contributed by atoms with E-state index >= 15 is 0 Å². The SMILES string of the molecule is CCC(=O)C(=O)NC(Cc1ccccc1)c1nn[nH]n1. The zero-order chi connectivity index (χ0) is 14.4. The number of benzene rings is 1. The molecule has 0 spiro atoms. The van der Waals surface area contributed by atoms with Gasteiger partial charge in [0, 0.05) is 12.8 Å². The van der Waals surface area contributed by atoms with Gasteiger partial charge < -0.3 is 5.32 Å². The summed E-state index contributed by atoms with van der Waals surface area (Å²) in [4.78, 5) is 23.1. The first-order valence-electron chi connectivity index (χ1n) is 6.31. The molecule has 20 heavy (non-hydrogen) atoms. The highest BCUT2D eigenvalue weighted by Crippen LogP contribution is 2.14. The molecule has 0 fully saturated rings. The number of Topliss-reactive ketones (excluding diaryl/α,β-unsaturated/α-hetero) is 1. The number of aromatic amines is 1. The van der Waals surface area contributed by atoms with Crippen LogP contribution in [-0.2, 0) is 16.0 Å². The van der Waals surface area contributed by atoms with Crippen LogP contribution >= 0.6 is 0 Å². The summed E-state index contributed by atoms with van der Waals surface area (Å²) in [6.07, 6.45) is 0.652. The lowest BCUT2D eigenvalue weighted by molar-refractivity contribution is -0.138. The Bertz CT molecular complexity index is 568. The summed E-state index contributed by atoms with van der Waals surface area (Å²) in [5.74, 6) is -0.740. The molecule has 2 aromatic rings. The first-order chi connectivity index (χ1) is 9.70. The number of nitrogens with one attached hydrogen (secondary N) is 2. The summed E-state index contributed by atoms with van der Waals surface area (Å²) in [5.41, 5.74) is 1.01. The van der Waals surface area contributed by atoms with Crippen molar-refractivity contribution in [2.24, 2.45) is 0 Å². The number of aromatic nitrogens is 4. The van der Waals surface area contributed by atoms with Crippen molar-refractivity contribution in [2.45, 2.75) is 25.8 Å². The molecule has 2 N–H and O–H groups in total. The van der Waals surface area contributed by atoms with Crippen LogP contribution in [0.15, 0.2) is 30.3 Å². The highest BCUT2D eigenvalue weighted by molar-refractivity contribution is 6.36. The fourth-order valence-corrected chi connectivity index (χ4v) is 1.77. The molecule has 1 aromatic heterocycles. The number of hydrogen-bond acceptors (Lipinski definition) is 5.